The Bertz CT molecular complexity index is 281. The molecular weight excluding hydrogens is 216 g/mol. The van der Waals surface area contributed by atoms with Crippen LogP contribution in [0.25, 0.3) is 0 Å². The van der Waals surface area contributed by atoms with Crippen LogP contribution >= 0.6 is 0 Å². The Morgan fingerprint density at radius 3 is 2.88 bits per heavy atom. The number of hydrogen-bond donors (Lipinski definition) is 0. The fraction of sp³-hybridized carbons (Fsp3) is 0.923. The third kappa shape index (κ3) is 2.80. The van der Waals surface area contributed by atoms with Crippen molar-refractivity contribution in [2.45, 2.75) is 25.9 Å². The molecular formula is C13H24N2O2. The predicted octanol–water partition coefficient (Wildman–Crippen LogP) is 0.821. The highest BCUT2D eigenvalue weighted by molar-refractivity contribution is 5.78. The van der Waals surface area contributed by atoms with Gasteiger partial charge in [0.05, 0.1) is 19.3 Å². The van der Waals surface area contributed by atoms with Gasteiger partial charge in [0.2, 0.25) is 5.91 Å². The van der Waals surface area contributed by atoms with Gasteiger partial charge in [0.1, 0.15) is 0 Å². The van der Waals surface area contributed by atoms with Gasteiger partial charge in [0.15, 0.2) is 0 Å². The fourth-order valence-electron chi connectivity index (χ4n) is 3.10. The minimum absolute atomic E-state index is 0.258. The first kappa shape index (κ1) is 12.8. The third-order valence-electron chi connectivity index (χ3n) is 4.00. The lowest BCUT2D eigenvalue weighted by Crippen LogP contribution is -2.47. The van der Waals surface area contributed by atoms with Crippen LogP contribution in [0.3, 0.4) is 0 Å². The third-order valence-corrected chi connectivity index (χ3v) is 4.00. The predicted molar refractivity (Wildman–Crippen MR) is 66.8 cm³/mol. The fourth-order valence-corrected chi connectivity index (χ4v) is 3.10. The van der Waals surface area contributed by atoms with Gasteiger partial charge in [-0.1, -0.05) is 6.92 Å². The van der Waals surface area contributed by atoms with Crippen molar-refractivity contribution in [2.75, 3.05) is 40.3 Å². The molecule has 0 unspecified atom stereocenters. The molecule has 0 aliphatic carbocycles. The quantitative estimate of drug-likeness (QED) is 0.732. The van der Waals surface area contributed by atoms with E-state index in [-0.39, 0.29) is 5.91 Å². The number of fused-ring (bicyclic) bond motifs is 1. The van der Waals surface area contributed by atoms with Crippen molar-refractivity contribution in [1.82, 2.24) is 9.80 Å². The topological polar surface area (TPSA) is 32.8 Å². The van der Waals surface area contributed by atoms with Crippen LogP contribution in [0.15, 0.2) is 0 Å². The largest absolute Gasteiger partial charge is 0.378 e. The van der Waals surface area contributed by atoms with Crippen molar-refractivity contribution < 1.29 is 9.53 Å². The van der Waals surface area contributed by atoms with E-state index >= 15 is 0 Å². The molecule has 0 aromatic heterocycles. The van der Waals surface area contributed by atoms with Crippen LogP contribution in [0.2, 0.25) is 0 Å². The molecule has 0 radical (unpaired) electrons. The summed E-state index contributed by atoms with van der Waals surface area (Å²) in [6, 6.07) is 0. The molecule has 1 amide bonds. The van der Waals surface area contributed by atoms with E-state index in [1.54, 1.807) is 0 Å². The molecule has 0 saturated carbocycles. The van der Waals surface area contributed by atoms with Crippen LogP contribution in [-0.2, 0) is 9.53 Å². The minimum atomic E-state index is 0.258. The van der Waals surface area contributed by atoms with Crippen LogP contribution in [0.4, 0.5) is 0 Å². The van der Waals surface area contributed by atoms with Gasteiger partial charge in [-0.05, 0) is 32.9 Å². The first-order chi connectivity index (χ1) is 8.11. The van der Waals surface area contributed by atoms with Gasteiger partial charge in [-0.2, -0.15) is 0 Å². The molecule has 98 valence electrons. The van der Waals surface area contributed by atoms with E-state index in [0.29, 0.717) is 24.5 Å². The van der Waals surface area contributed by atoms with E-state index < -0.39 is 0 Å². The number of rotatable bonds is 3. The minimum Gasteiger partial charge on any atom is -0.378 e. The van der Waals surface area contributed by atoms with Crippen molar-refractivity contribution in [1.29, 1.82) is 0 Å². The Morgan fingerprint density at radius 1 is 1.47 bits per heavy atom. The number of likely N-dealkylation sites (tertiary alicyclic amines) is 1. The van der Waals surface area contributed by atoms with Crippen molar-refractivity contribution in [2.24, 2.45) is 11.8 Å². The molecule has 2 saturated heterocycles. The summed E-state index contributed by atoms with van der Waals surface area (Å²) in [5.74, 6) is 1.51. The second-order valence-corrected chi connectivity index (χ2v) is 5.57. The molecule has 2 fully saturated rings. The maximum absolute atomic E-state index is 12.0. The van der Waals surface area contributed by atoms with E-state index in [1.807, 2.05) is 23.9 Å². The maximum atomic E-state index is 12.0. The highest BCUT2D eigenvalue weighted by Crippen LogP contribution is 2.35. The number of nitrogens with zero attached hydrogens (tertiary/aromatic N) is 2. The lowest BCUT2D eigenvalue weighted by molar-refractivity contribution is -0.134. The molecule has 2 heterocycles. The van der Waals surface area contributed by atoms with Crippen molar-refractivity contribution >= 4 is 5.91 Å². The van der Waals surface area contributed by atoms with Crippen molar-refractivity contribution in [3.8, 4) is 0 Å². The number of ether oxygens (including phenoxy) is 1. The smallest absolute Gasteiger partial charge is 0.236 e. The Labute approximate surface area is 104 Å². The monoisotopic (exact) mass is 240 g/mol. The van der Waals surface area contributed by atoms with Gasteiger partial charge >= 0.3 is 0 Å². The summed E-state index contributed by atoms with van der Waals surface area (Å²) in [7, 11) is 3.88. The number of piperidine rings is 1. The number of likely N-dealkylation sites (N-methyl/N-ethyl adjacent to an activating group) is 1. The second kappa shape index (κ2) is 5.36. The first-order valence-corrected chi connectivity index (χ1v) is 6.66. The Hall–Kier alpha value is -0.610. The van der Waals surface area contributed by atoms with Gasteiger partial charge in [0.25, 0.3) is 0 Å². The van der Waals surface area contributed by atoms with Crippen LogP contribution < -0.4 is 0 Å². The zero-order chi connectivity index (χ0) is 12.4. The zero-order valence-electron chi connectivity index (χ0n) is 11.2. The summed E-state index contributed by atoms with van der Waals surface area (Å²) in [5, 5.41) is 0. The number of carbonyl (C=O) groups excluding carboxylic acids is 1. The molecule has 4 nitrogen and oxygen atoms in total. The summed E-state index contributed by atoms with van der Waals surface area (Å²) in [6.07, 6.45) is 2.65. The first-order valence-electron chi connectivity index (χ1n) is 6.66. The van der Waals surface area contributed by atoms with Crippen LogP contribution in [0.1, 0.15) is 19.8 Å². The molecule has 0 bridgehead atoms. The number of carbonyl (C=O) groups is 1. The zero-order valence-corrected chi connectivity index (χ0v) is 11.2. The summed E-state index contributed by atoms with van der Waals surface area (Å²) in [4.78, 5) is 15.9. The molecule has 3 atom stereocenters. The molecule has 4 heteroatoms. The molecule has 0 N–H and O–H groups in total. The molecule has 0 aromatic carbocycles. The molecule has 2 rings (SSSR count). The molecule has 2 aliphatic heterocycles. The Kier molecular flexibility index (Phi) is 4.05. The lowest BCUT2D eigenvalue weighted by Gasteiger charge is -2.36. The van der Waals surface area contributed by atoms with Crippen molar-refractivity contribution in [3.05, 3.63) is 0 Å². The SMILES string of the molecule is CC[C@H]1OC[C@@H]2CN(C(=O)CN(C)C)CC[C@H]21. The summed E-state index contributed by atoms with van der Waals surface area (Å²) in [6.45, 7) is 5.36. The molecule has 0 spiro atoms. The van der Waals surface area contributed by atoms with E-state index in [2.05, 4.69) is 6.92 Å². The highest BCUT2D eigenvalue weighted by atomic mass is 16.5. The Balaban J connectivity index is 1.89. The van der Waals surface area contributed by atoms with Gasteiger partial charge in [-0.25, -0.2) is 0 Å². The van der Waals surface area contributed by atoms with E-state index in [9.17, 15) is 4.79 Å². The van der Waals surface area contributed by atoms with E-state index in [1.165, 1.54) is 0 Å². The van der Waals surface area contributed by atoms with Crippen LogP contribution in [0, 0.1) is 11.8 Å². The molecule has 17 heavy (non-hydrogen) atoms. The average Bonchev–Trinajstić information content (AvgIpc) is 2.69. The standard InChI is InChI=1S/C13H24N2O2/c1-4-12-11-5-6-15(7-10(11)9-17-12)13(16)8-14(2)3/h10-12H,4-9H2,1-3H3/t10-,11+,12+/m0/s1. The van der Waals surface area contributed by atoms with Gasteiger partial charge in [-0.3, -0.25) is 4.79 Å². The van der Waals surface area contributed by atoms with E-state index in [0.717, 1.165) is 32.5 Å². The van der Waals surface area contributed by atoms with Crippen LogP contribution in [0.5, 0.6) is 0 Å². The second-order valence-electron chi connectivity index (χ2n) is 5.57. The van der Waals surface area contributed by atoms with E-state index in [4.69, 9.17) is 4.74 Å². The number of amides is 1. The molecule has 2 aliphatic rings. The lowest BCUT2D eigenvalue weighted by atomic mass is 9.83. The summed E-state index contributed by atoms with van der Waals surface area (Å²) >= 11 is 0. The molecule has 0 aromatic rings. The number of hydrogen-bond acceptors (Lipinski definition) is 3. The van der Waals surface area contributed by atoms with Crippen LogP contribution in [-0.4, -0.2) is 62.1 Å². The van der Waals surface area contributed by atoms with Gasteiger partial charge in [0, 0.05) is 19.0 Å². The normalized spacial score (nSPS) is 32.9. The maximum Gasteiger partial charge on any atom is 0.236 e. The van der Waals surface area contributed by atoms with Gasteiger partial charge in [-0.15, -0.1) is 0 Å². The highest BCUT2D eigenvalue weighted by Gasteiger charge is 2.40. The summed E-state index contributed by atoms with van der Waals surface area (Å²) in [5.41, 5.74) is 0. The summed E-state index contributed by atoms with van der Waals surface area (Å²) < 4.78 is 5.81. The Morgan fingerprint density at radius 2 is 2.24 bits per heavy atom. The van der Waals surface area contributed by atoms with Gasteiger partial charge < -0.3 is 14.5 Å². The van der Waals surface area contributed by atoms with Crippen molar-refractivity contribution in [3.63, 3.8) is 0 Å². The average molecular weight is 240 g/mol.